The van der Waals surface area contributed by atoms with E-state index in [4.69, 9.17) is 0 Å². The first-order valence-corrected chi connectivity index (χ1v) is 11.4. The van der Waals surface area contributed by atoms with Gasteiger partial charge in [0.25, 0.3) is 0 Å². The van der Waals surface area contributed by atoms with Crippen LogP contribution in [0.1, 0.15) is 22.8 Å². The summed E-state index contributed by atoms with van der Waals surface area (Å²) in [5.74, 6) is -0.0466. The summed E-state index contributed by atoms with van der Waals surface area (Å²) >= 11 is 1.39. The third kappa shape index (κ3) is 5.02. The molecule has 146 valence electrons. The minimum atomic E-state index is -3.35. The Morgan fingerprint density at radius 2 is 1.89 bits per heavy atom. The van der Waals surface area contributed by atoms with Gasteiger partial charge in [-0.3, -0.25) is 14.1 Å². The number of thioether (sulfide) groups is 1. The third-order valence-corrected chi connectivity index (χ3v) is 5.70. The molecule has 0 amide bonds. The Labute approximate surface area is 169 Å². The van der Waals surface area contributed by atoms with E-state index in [-0.39, 0.29) is 11.0 Å². The van der Waals surface area contributed by atoms with Gasteiger partial charge in [0.05, 0.1) is 11.5 Å². The molecule has 1 heterocycles. The van der Waals surface area contributed by atoms with Gasteiger partial charge in [0.15, 0.2) is 10.9 Å². The van der Waals surface area contributed by atoms with Crippen LogP contribution < -0.4 is 4.72 Å². The number of carbonyl (C=O) groups is 1. The van der Waals surface area contributed by atoms with E-state index in [1.807, 2.05) is 42.8 Å². The molecule has 1 atom stereocenters. The molecular formula is C20H21N3O3S2. The van der Waals surface area contributed by atoms with Crippen LogP contribution in [0, 0.1) is 6.92 Å². The van der Waals surface area contributed by atoms with Crippen LogP contribution in [0.2, 0.25) is 0 Å². The van der Waals surface area contributed by atoms with Crippen molar-refractivity contribution in [2.75, 3.05) is 11.0 Å². The molecule has 8 heteroatoms. The van der Waals surface area contributed by atoms with Crippen molar-refractivity contribution in [3.63, 3.8) is 0 Å². The van der Waals surface area contributed by atoms with Crippen LogP contribution in [0.15, 0.2) is 66.1 Å². The van der Waals surface area contributed by atoms with Crippen LogP contribution in [0.4, 0.5) is 5.69 Å². The standard InChI is InChI=1S/C20H21N3O3S2/c1-14-5-4-6-18(13-14)23-12-11-21-20(23)27-15(2)19(24)16-7-9-17(10-8-16)22-28(3,25)26/h4-13,15,22H,1-3H3/t15-/m0/s1. The molecule has 2 aromatic carbocycles. The Kier molecular flexibility index (Phi) is 5.90. The second-order valence-corrected chi connectivity index (χ2v) is 9.55. The number of carbonyl (C=O) groups excluding carboxylic acids is 1. The van der Waals surface area contributed by atoms with Crippen molar-refractivity contribution in [1.82, 2.24) is 9.55 Å². The highest BCUT2D eigenvalue weighted by Gasteiger charge is 2.19. The molecule has 0 saturated heterocycles. The van der Waals surface area contributed by atoms with Crippen LogP contribution in [-0.2, 0) is 10.0 Å². The predicted molar refractivity (Wildman–Crippen MR) is 113 cm³/mol. The second kappa shape index (κ2) is 8.20. The Bertz CT molecular complexity index is 1090. The smallest absolute Gasteiger partial charge is 0.229 e. The number of hydrogen-bond donors (Lipinski definition) is 1. The number of nitrogens with zero attached hydrogens (tertiary/aromatic N) is 2. The molecule has 0 aliphatic carbocycles. The van der Waals surface area contributed by atoms with Gasteiger partial charge in [0, 0.05) is 29.3 Å². The molecule has 1 N–H and O–H groups in total. The summed E-state index contributed by atoms with van der Waals surface area (Å²) in [6.45, 7) is 3.87. The van der Waals surface area contributed by atoms with E-state index in [0.717, 1.165) is 22.7 Å². The number of nitrogens with one attached hydrogen (secondary N) is 1. The van der Waals surface area contributed by atoms with Crippen molar-refractivity contribution in [1.29, 1.82) is 0 Å². The van der Waals surface area contributed by atoms with Crippen LogP contribution in [0.25, 0.3) is 5.69 Å². The average molecular weight is 416 g/mol. The van der Waals surface area contributed by atoms with Gasteiger partial charge in [-0.1, -0.05) is 23.9 Å². The molecule has 0 spiro atoms. The summed E-state index contributed by atoms with van der Waals surface area (Å²) < 4.78 is 26.9. The van der Waals surface area contributed by atoms with Gasteiger partial charge in [-0.15, -0.1) is 0 Å². The first-order valence-electron chi connectivity index (χ1n) is 8.62. The Morgan fingerprint density at radius 3 is 2.54 bits per heavy atom. The van der Waals surface area contributed by atoms with Crippen molar-refractivity contribution in [2.24, 2.45) is 0 Å². The number of rotatable bonds is 7. The molecule has 0 saturated carbocycles. The number of aromatic nitrogens is 2. The molecular weight excluding hydrogens is 394 g/mol. The summed E-state index contributed by atoms with van der Waals surface area (Å²) in [4.78, 5) is 17.2. The minimum Gasteiger partial charge on any atom is -0.295 e. The molecule has 28 heavy (non-hydrogen) atoms. The lowest BCUT2D eigenvalue weighted by molar-refractivity contribution is 0.0994. The summed E-state index contributed by atoms with van der Waals surface area (Å²) in [6, 6.07) is 14.5. The van der Waals surface area contributed by atoms with E-state index in [1.165, 1.54) is 11.8 Å². The SMILES string of the molecule is Cc1cccc(-n2ccnc2S[C@@H](C)C(=O)c2ccc(NS(C)(=O)=O)cc2)c1. The van der Waals surface area contributed by atoms with E-state index >= 15 is 0 Å². The lowest BCUT2D eigenvalue weighted by atomic mass is 10.1. The second-order valence-electron chi connectivity index (χ2n) is 6.49. The highest BCUT2D eigenvalue weighted by atomic mass is 32.2. The molecule has 0 fully saturated rings. The van der Waals surface area contributed by atoms with Crippen LogP contribution in [0.5, 0.6) is 0 Å². The lowest BCUT2D eigenvalue weighted by Gasteiger charge is -2.13. The van der Waals surface area contributed by atoms with Crippen LogP contribution in [-0.4, -0.2) is 35.3 Å². The van der Waals surface area contributed by atoms with Crippen molar-refractivity contribution in [3.05, 3.63) is 72.1 Å². The number of anilines is 1. The molecule has 0 aliphatic rings. The van der Waals surface area contributed by atoms with E-state index in [9.17, 15) is 13.2 Å². The zero-order valence-electron chi connectivity index (χ0n) is 15.8. The number of ketones is 1. The fourth-order valence-corrected chi connectivity index (χ4v) is 4.24. The lowest BCUT2D eigenvalue weighted by Crippen LogP contribution is -2.15. The largest absolute Gasteiger partial charge is 0.295 e. The van der Waals surface area contributed by atoms with E-state index in [1.54, 1.807) is 30.5 Å². The maximum atomic E-state index is 12.8. The van der Waals surface area contributed by atoms with Crippen molar-refractivity contribution < 1.29 is 13.2 Å². The highest BCUT2D eigenvalue weighted by molar-refractivity contribution is 8.00. The number of benzene rings is 2. The molecule has 0 radical (unpaired) electrons. The Hall–Kier alpha value is -2.58. The zero-order valence-corrected chi connectivity index (χ0v) is 17.4. The third-order valence-electron chi connectivity index (χ3n) is 4.01. The molecule has 0 unspecified atom stereocenters. The number of sulfonamides is 1. The van der Waals surface area contributed by atoms with E-state index in [0.29, 0.717) is 11.3 Å². The Morgan fingerprint density at radius 1 is 1.18 bits per heavy atom. The molecule has 6 nitrogen and oxygen atoms in total. The first-order chi connectivity index (χ1) is 13.2. The number of hydrogen-bond acceptors (Lipinski definition) is 5. The molecule has 1 aromatic heterocycles. The van der Waals surface area contributed by atoms with Gasteiger partial charge in [0.1, 0.15) is 0 Å². The summed E-state index contributed by atoms with van der Waals surface area (Å²) in [6.07, 6.45) is 4.68. The number of aryl methyl sites for hydroxylation is 1. The minimum absolute atomic E-state index is 0.0466. The summed E-state index contributed by atoms with van der Waals surface area (Å²) in [5, 5.41) is 0.390. The molecule has 0 aliphatic heterocycles. The predicted octanol–water partition coefficient (Wildman–Crippen LogP) is 3.92. The van der Waals surface area contributed by atoms with Gasteiger partial charge in [-0.25, -0.2) is 13.4 Å². The van der Waals surface area contributed by atoms with Crippen molar-refractivity contribution >= 4 is 33.3 Å². The fraction of sp³-hybridized carbons (Fsp3) is 0.200. The zero-order chi connectivity index (χ0) is 20.3. The van der Waals surface area contributed by atoms with E-state index in [2.05, 4.69) is 15.8 Å². The summed E-state index contributed by atoms with van der Waals surface area (Å²) in [7, 11) is -3.35. The quantitative estimate of drug-likeness (QED) is 0.467. The van der Waals surface area contributed by atoms with Crippen molar-refractivity contribution in [3.8, 4) is 5.69 Å². The molecule has 3 rings (SSSR count). The number of Topliss-reactive ketones (excluding diaryl/α,β-unsaturated/α-hetero) is 1. The maximum absolute atomic E-state index is 12.8. The fourth-order valence-electron chi connectivity index (χ4n) is 2.71. The molecule has 3 aromatic rings. The van der Waals surface area contributed by atoms with Gasteiger partial charge in [0.2, 0.25) is 10.0 Å². The summed E-state index contributed by atoms with van der Waals surface area (Å²) in [5.41, 5.74) is 3.09. The Balaban J connectivity index is 1.74. The number of imidazole rings is 1. The normalized spacial score (nSPS) is 12.5. The monoisotopic (exact) mass is 415 g/mol. The van der Waals surface area contributed by atoms with Crippen molar-refractivity contribution in [2.45, 2.75) is 24.3 Å². The highest BCUT2D eigenvalue weighted by Crippen LogP contribution is 2.27. The van der Waals surface area contributed by atoms with Gasteiger partial charge in [-0.05, 0) is 55.8 Å². The van der Waals surface area contributed by atoms with E-state index < -0.39 is 10.0 Å². The maximum Gasteiger partial charge on any atom is 0.229 e. The van der Waals surface area contributed by atoms with Gasteiger partial charge >= 0.3 is 0 Å². The topological polar surface area (TPSA) is 81.1 Å². The first kappa shape index (κ1) is 20.2. The molecule has 0 bridgehead atoms. The van der Waals surface area contributed by atoms with Crippen LogP contribution >= 0.6 is 11.8 Å². The van der Waals surface area contributed by atoms with Crippen LogP contribution in [0.3, 0.4) is 0 Å². The van der Waals surface area contributed by atoms with Gasteiger partial charge in [-0.2, -0.15) is 0 Å². The van der Waals surface area contributed by atoms with Gasteiger partial charge < -0.3 is 0 Å². The average Bonchev–Trinajstić information content (AvgIpc) is 3.08.